The van der Waals surface area contributed by atoms with E-state index in [2.05, 4.69) is 65.5 Å². The number of hydrogen-bond donors (Lipinski definition) is 2. The minimum Gasteiger partial charge on any atom is -0.491 e. The Labute approximate surface area is 197 Å². The van der Waals surface area contributed by atoms with Gasteiger partial charge in [0.05, 0.1) is 18.8 Å². The van der Waals surface area contributed by atoms with Gasteiger partial charge < -0.3 is 20.1 Å². The molecule has 0 aliphatic rings. The molecule has 1 heterocycles. The summed E-state index contributed by atoms with van der Waals surface area (Å²) in [6.45, 7) is 12.4. The summed E-state index contributed by atoms with van der Waals surface area (Å²) in [6.07, 6.45) is 0.974. The predicted molar refractivity (Wildman–Crippen MR) is 133 cm³/mol. The highest BCUT2D eigenvalue weighted by atomic mass is 127. The number of guanidine groups is 1. The van der Waals surface area contributed by atoms with Crippen molar-refractivity contribution < 1.29 is 9.47 Å². The molecule has 2 N–H and O–H groups in total. The van der Waals surface area contributed by atoms with Crippen LogP contribution in [0.3, 0.4) is 0 Å². The first-order valence-corrected chi connectivity index (χ1v) is 10.3. The second kappa shape index (κ2) is 14.2. The molecule has 0 radical (unpaired) electrons. The fourth-order valence-corrected chi connectivity index (χ4v) is 3.00. The average molecular weight is 529 g/mol. The lowest BCUT2D eigenvalue weighted by Gasteiger charge is -2.14. The Bertz CT molecular complexity index is 792. The van der Waals surface area contributed by atoms with Crippen LogP contribution in [0.1, 0.15) is 35.9 Å². The smallest absolute Gasteiger partial charge is 0.191 e. The molecule has 7 nitrogen and oxygen atoms in total. The molecule has 0 saturated carbocycles. The van der Waals surface area contributed by atoms with E-state index in [1.165, 1.54) is 11.3 Å². The Morgan fingerprint density at radius 3 is 2.60 bits per heavy atom. The molecule has 1 aromatic carbocycles. The van der Waals surface area contributed by atoms with Gasteiger partial charge in [0.25, 0.3) is 0 Å². The predicted octanol–water partition coefficient (Wildman–Crippen LogP) is 3.60. The van der Waals surface area contributed by atoms with Gasteiger partial charge in [-0.25, -0.2) is 4.99 Å². The van der Waals surface area contributed by atoms with Crippen molar-refractivity contribution in [3.05, 3.63) is 46.8 Å². The molecule has 0 aliphatic heterocycles. The first-order valence-electron chi connectivity index (χ1n) is 10.3. The number of rotatable bonds is 11. The lowest BCUT2D eigenvalue weighted by molar-refractivity contribution is 0.145. The SMILES string of the molecule is CCNC(=NCc1ccc(C)cc1OCCOC)NCCCn1nc(C)cc1C.I. The Kier molecular flexibility index (Phi) is 12.4. The number of nitrogens with zero attached hydrogens (tertiary/aromatic N) is 3. The summed E-state index contributed by atoms with van der Waals surface area (Å²) < 4.78 is 13.0. The third-order valence-corrected chi connectivity index (χ3v) is 4.46. The lowest BCUT2D eigenvalue weighted by Crippen LogP contribution is -2.38. The van der Waals surface area contributed by atoms with Crippen molar-refractivity contribution in [1.82, 2.24) is 20.4 Å². The minimum atomic E-state index is 0. The Morgan fingerprint density at radius 1 is 1.13 bits per heavy atom. The molecule has 30 heavy (non-hydrogen) atoms. The van der Waals surface area contributed by atoms with Gasteiger partial charge in [0.1, 0.15) is 12.4 Å². The topological polar surface area (TPSA) is 72.7 Å². The number of hydrogen-bond acceptors (Lipinski definition) is 4. The van der Waals surface area contributed by atoms with Gasteiger partial charge in [0.2, 0.25) is 0 Å². The van der Waals surface area contributed by atoms with Crippen LogP contribution in [-0.4, -0.2) is 49.2 Å². The maximum atomic E-state index is 5.87. The fourth-order valence-electron chi connectivity index (χ4n) is 3.00. The zero-order valence-corrected chi connectivity index (χ0v) is 21.2. The van der Waals surface area contributed by atoms with E-state index in [0.717, 1.165) is 49.0 Å². The molecule has 8 heteroatoms. The number of aliphatic imine (C=N–C) groups is 1. The number of ether oxygens (including phenoxy) is 2. The van der Waals surface area contributed by atoms with Gasteiger partial charge in [-0.2, -0.15) is 5.10 Å². The Balaban J connectivity index is 0.00000450. The number of halogens is 1. The monoisotopic (exact) mass is 529 g/mol. The van der Waals surface area contributed by atoms with Gasteiger partial charge in [-0.05, 0) is 51.8 Å². The number of aromatic nitrogens is 2. The van der Waals surface area contributed by atoms with Gasteiger partial charge in [0.15, 0.2) is 5.96 Å². The van der Waals surface area contributed by atoms with E-state index in [-0.39, 0.29) is 24.0 Å². The molecule has 0 unspecified atom stereocenters. The van der Waals surface area contributed by atoms with Crippen molar-refractivity contribution in [2.24, 2.45) is 4.99 Å². The quantitative estimate of drug-likeness (QED) is 0.202. The van der Waals surface area contributed by atoms with Gasteiger partial charge in [-0.15, -0.1) is 24.0 Å². The van der Waals surface area contributed by atoms with Crippen LogP contribution in [0, 0.1) is 20.8 Å². The molecule has 0 amide bonds. The molecule has 2 rings (SSSR count). The molecule has 1 aromatic heterocycles. The summed E-state index contributed by atoms with van der Waals surface area (Å²) in [4.78, 5) is 4.73. The summed E-state index contributed by atoms with van der Waals surface area (Å²) in [5.41, 5.74) is 4.49. The normalized spacial score (nSPS) is 11.2. The molecule has 0 saturated heterocycles. The number of nitrogens with one attached hydrogen (secondary N) is 2. The van der Waals surface area contributed by atoms with E-state index in [4.69, 9.17) is 14.5 Å². The Hall–Kier alpha value is -1.81. The molecular formula is C22H36IN5O2. The number of aryl methyl sites for hydroxylation is 4. The van der Waals surface area contributed by atoms with Crippen LogP contribution in [0.2, 0.25) is 0 Å². The molecule has 0 atom stereocenters. The molecule has 0 spiro atoms. The van der Waals surface area contributed by atoms with Gasteiger partial charge in [0, 0.05) is 38.0 Å². The molecular weight excluding hydrogens is 493 g/mol. The van der Waals surface area contributed by atoms with Gasteiger partial charge >= 0.3 is 0 Å². The molecule has 168 valence electrons. The molecule has 0 aliphatic carbocycles. The maximum Gasteiger partial charge on any atom is 0.191 e. The van der Waals surface area contributed by atoms with Crippen molar-refractivity contribution in [2.45, 2.75) is 47.2 Å². The van der Waals surface area contributed by atoms with E-state index >= 15 is 0 Å². The van der Waals surface area contributed by atoms with E-state index in [1.807, 2.05) is 6.92 Å². The third-order valence-electron chi connectivity index (χ3n) is 4.46. The van der Waals surface area contributed by atoms with Crippen LogP contribution in [-0.2, 0) is 17.8 Å². The van der Waals surface area contributed by atoms with Crippen LogP contribution >= 0.6 is 24.0 Å². The largest absolute Gasteiger partial charge is 0.491 e. The second-order valence-electron chi connectivity index (χ2n) is 7.08. The summed E-state index contributed by atoms with van der Waals surface area (Å²) in [6, 6.07) is 8.32. The zero-order valence-electron chi connectivity index (χ0n) is 18.8. The minimum absolute atomic E-state index is 0. The van der Waals surface area contributed by atoms with Crippen molar-refractivity contribution in [2.75, 3.05) is 33.4 Å². The van der Waals surface area contributed by atoms with Crippen molar-refractivity contribution in [1.29, 1.82) is 0 Å². The number of benzene rings is 1. The van der Waals surface area contributed by atoms with E-state index in [1.54, 1.807) is 7.11 Å². The maximum absolute atomic E-state index is 5.87. The third kappa shape index (κ3) is 8.91. The van der Waals surface area contributed by atoms with Crippen molar-refractivity contribution in [3.63, 3.8) is 0 Å². The van der Waals surface area contributed by atoms with Gasteiger partial charge in [-0.1, -0.05) is 12.1 Å². The molecule has 0 fully saturated rings. The highest BCUT2D eigenvalue weighted by Crippen LogP contribution is 2.21. The van der Waals surface area contributed by atoms with Crippen molar-refractivity contribution >= 4 is 29.9 Å². The van der Waals surface area contributed by atoms with Crippen LogP contribution < -0.4 is 15.4 Å². The summed E-state index contributed by atoms with van der Waals surface area (Å²) in [5, 5.41) is 11.2. The van der Waals surface area contributed by atoms with Crippen LogP contribution in [0.5, 0.6) is 5.75 Å². The summed E-state index contributed by atoms with van der Waals surface area (Å²) >= 11 is 0. The van der Waals surface area contributed by atoms with Crippen LogP contribution in [0.4, 0.5) is 0 Å². The standard InChI is InChI=1S/C22H35N5O2.HI/c1-6-23-22(24-10-7-11-27-19(4)15-18(3)26-27)25-16-20-9-8-17(2)14-21(20)29-13-12-28-5;/h8-9,14-15H,6-7,10-13,16H2,1-5H3,(H2,23,24,25);1H. The highest BCUT2D eigenvalue weighted by molar-refractivity contribution is 14.0. The van der Waals surface area contributed by atoms with Crippen LogP contribution in [0.15, 0.2) is 29.3 Å². The van der Waals surface area contributed by atoms with Gasteiger partial charge in [-0.3, -0.25) is 4.68 Å². The molecule has 0 bridgehead atoms. The fraction of sp³-hybridized carbons (Fsp3) is 0.545. The first-order chi connectivity index (χ1) is 14.0. The highest BCUT2D eigenvalue weighted by Gasteiger charge is 2.06. The van der Waals surface area contributed by atoms with Crippen LogP contribution in [0.25, 0.3) is 0 Å². The summed E-state index contributed by atoms with van der Waals surface area (Å²) in [5.74, 6) is 1.68. The van der Waals surface area contributed by atoms with E-state index in [9.17, 15) is 0 Å². The number of methoxy groups -OCH3 is 1. The summed E-state index contributed by atoms with van der Waals surface area (Å²) in [7, 11) is 1.67. The van der Waals surface area contributed by atoms with Crippen molar-refractivity contribution in [3.8, 4) is 5.75 Å². The molecule has 2 aromatic rings. The second-order valence-corrected chi connectivity index (χ2v) is 7.08. The zero-order chi connectivity index (χ0) is 21.1. The first kappa shape index (κ1) is 26.2. The Morgan fingerprint density at radius 2 is 1.93 bits per heavy atom. The lowest BCUT2D eigenvalue weighted by atomic mass is 10.1. The average Bonchev–Trinajstić information content (AvgIpc) is 3.01. The van der Waals surface area contributed by atoms with E-state index < -0.39 is 0 Å². The van der Waals surface area contributed by atoms with E-state index in [0.29, 0.717) is 19.8 Å².